The quantitative estimate of drug-likeness (QED) is 0.728. The molecule has 2 aromatic carbocycles. The molecule has 6 heteroatoms. The Balaban J connectivity index is 1.93. The summed E-state index contributed by atoms with van der Waals surface area (Å²) in [5.74, 6) is 2.49. The Morgan fingerprint density at radius 1 is 0.926 bits per heavy atom. The van der Waals surface area contributed by atoms with Gasteiger partial charge in [-0.25, -0.2) is 0 Å². The molecule has 0 aliphatic heterocycles. The second kappa shape index (κ2) is 9.71. The zero-order valence-electron chi connectivity index (χ0n) is 16.5. The molecule has 0 fully saturated rings. The van der Waals surface area contributed by atoms with Gasteiger partial charge in [0.05, 0.1) is 21.3 Å². The summed E-state index contributed by atoms with van der Waals surface area (Å²) in [6.07, 6.45) is 0. The van der Waals surface area contributed by atoms with Gasteiger partial charge >= 0.3 is 0 Å². The predicted molar refractivity (Wildman–Crippen MR) is 104 cm³/mol. The van der Waals surface area contributed by atoms with Gasteiger partial charge in [-0.1, -0.05) is 26.0 Å². The number of hydrogen-bond donors (Lipinski definition) is 1. The number of carbonyl (C=O) groups is 1. The third-order valence-electron chi connectivity index (χ3n) is 4.18. The van der Waals surface area contributed by atoms with Crippen molar-refractivity contribution in [3.8, 4) is 23.0 Å². The number of benzene rings is 2. The van der Waals surface area contributed by atoms with Gasteiger partial charge in [0.2, 0.25) is 5.75 Å². The molecule has 6 nitrogen and oxygen atoms in total. The van der Waals surface area contributed by atoms with Crippen LogP contribution in [0.1, 0.15) is 30.9 Å². The first-order valence-electron chi connectivity index (χ1n) is 8.77. The van der Waals surface area contributed by atoms with Crippen molar-refractivity contribution in [3.63, 3.8) is 0 Å². The molecule has 0 aromatic heterocycles. The minimum Gasteiger partial charge on any atom is -0.493 e. The van der Waals surface area contributed by atoms with Crippen LogP contribution in [-0.2, 0) is 11.3 Å². The summed E-state index contributed by atoms with van der Waals surface area (Å²) >= 11 is 0. The molecule has 2 rings (SSSR count). The van der Waals surface area contributed by atoms with Crippen molar-refractivity contribution >= 4 is 5.91 Å². The van der Waals surface area contributed by atoms with Crippen molar-refractivity contribution in [2.24, 2.45) is 0 Å². The number of rotatable bonds is 9. The maximum Gasteiger partial charge on any atom is 0.258 e. The van der Waals surface area contributed by atoms with E-state index in [1.807, 2.05) is 30.3 Å². The lowest BCUT2D eigenvalue weighted by atomic mass is 10.0. The number of carbonyl (C=O) groups excluding carboxylic acids is 1. The summed E-state index contributed by atoms with van der Waals surface area (Å²) in [6, 6.07) is 11.4. The van der Waals surface area contributed by atoms with Crippen molar-refractivity contribution in [3.05, 3.63) is 47.5 Å². The molecule has 0 saturated heterocycles. The monoisotopic (exact) mass is 373 g/mol. The van der Waals surface area contributed by atoms with Crippen molar-refractivity contribution in [2.45, 2.75) is 26.3 Å². The van der Waals surface area contributed by atoms with E-state index < -0.39 is 0 Å². The van der Waals surface area contributed by atoms with Crippen molar-refractivity contribution in [1.29, 1.82) is 0 Å². The largest absolute Gasteiger partial charge is 0.493 e. The highest BCUT2D eigenvalue weighted by Crippen LogP contribution is 2.39. The van der Waals surface area contributed by atoms with Gasteiger partial charge in [-0.3, -0.25) is 4.79 Å². The molecule has 0 unspecified atom stereocenters. The van der Waals surface area contributed by atoms with E-state index in [4.69, 9.17) is 18.9 Å². The predicted octanol–water partition coefficient (Wildman–Crippen LogP) is 3.53. The Morgan fingerprint density at radius 2 is 1.59 bits per heavy atom. The van der Waals surface area contributed by atoms with E-state index >= 15 is 0 Å². The molecule has 0 heterocycles. The Bertz CT molecular complexity index is 756. The van der Waals surface area contributed by atoms with E-state index in [1.54, 1.807) is 27.4 Å². The van der Waals surface area contributed by atoms with Gasteiger partial charge in [-0.15, -0.1) is 0 Å². The fourth-order valence-electron chi connectivity index (χ4n) is 2.65. The summed E-state index contributed by atoms with van der Waals surface area (Å²) in [7, 11) is 4.65. The van der Waals surface area contributed by atoms with Gasteiger partial charge in [-0.05, 0) is 35.7 Å². The molecule has 0 saturated carbocycles. The molecule has 27 heavy (non-hydrogen) atoms. The highest BCUT2D eigenvalue weighted by Gasteiger charge is 2.16. The van der Waals surface area contributed by atoms with Crippen LogP contribution in [0.2, 0.25) is 0 Å². The van der Waals surface area contributed by atoms with Crippen LogP contribution in [0.25, 0.3) is 0 Å². The fraction of sp³-hybridized carbons (Fsp3) is 0.381. The lowest BCUT2D eigenvalue weighted by molar-refractivity contribution is -0.123. The number of nitrogens with one attached hydrogen (secondary N) is 1. The smallest absolute Gasteiger partial charge is 0.258 e. The maximum absolute atomic E-state index is 12.1. The SMILES string of the molecule is COc1ccc(CNC(=O)COc2ccc(C(C)C)cc2)c(OC)c1OC. The Hall–Kier alpha value is -2.89. The van der Waals surface area contributed by atoms with E-state index in [9.17, 15) is 4.79 Å². The first-order chi connectivity index (χ1) is 13.0. The Kier molecular flexibility index (Phi) is 7.34. The molecule has 2 aromatic rings. The molecule has 0 spiro atoms. The van der Waals surface area contributed by atoms with Gasteiger partial charge in [0.25, 0.3) is 5.91 Å². The molecule has 146 valence electrons. The second-order valence-corrected chi connectivity index (χ2v) is 6.28. The maximum atomic E-state index is 12.1. The first kappa shape index (κ1) is 20.4. The lowest BCUT2D eigenvalue weighted by Gasteiger charge is -2.16. The second-order valence-electron chi connectivity index (χ2n) is 6.28. The van der Waals surface area contributed by atoms with E-state index in [-0.39, 0.29) is 19.1 Å². The normalized spacial score (nSPS) is 10.4. The van der Waals surface area contributed by atoms with Crippen LogP contribution < -0.4 is 24.3 Å². The summed E-state index contributed by atoms with van der Waals surface area (Å²) in [6.45, 7) is 4.49. The number of methoxy groups -OCH3 is 3. The zero-order valence-corrected chi connectivity index (χ0v) is 16.5. The zero-order chi connectivity index (χ0) is 19.8. The van der Waals surface area contributed by atoms with Gasteiger partial charge in [-0.2, -0.15) is 0 Å². The van der Waals surface area contributed by atoms with E-state index in [0.29, 0.717) is 28.9 Å². The van der Waals surface area contributed by atoms with E-state index in [1.165, 1.54) is 5.56 Å². The Morgan fingerprint density at radius 3 is 2.15 bits per heavy atom. The molecule has 0 radical (unpaired) electrons. The van der Waals surface area contributed by atoms with Crippen molar-refractivity contribution in [1.82, 2.24) is 5.32 Å². The van der Waals surface area contributed by atoms with Crippen molar-refractivity contribution < 1.29 is 23.7 Å². The van der Waals surface area contributed by atoms with Crippen LogP contribution in [0.4, 0.5) is 0 Å². The van der Waals surface area contributed by atoms with Gasteiger partial charge in [0.15, 0.2) is 18.1 Å². The third kappa shape index (κ3) is 5.29. The summed E-state index contributed by atoms with van der Waals surface area (Å²) in [5.41, 5.74) is 2.01. The van der Waals surface area contributed by atoms with Crippen LogP contribution in [-0.4, -0.2) is 33.8 Å². The van der Waals surface area contributed by atoms with Gasteiger partial charge < -0.3 is 24.3 Å². The summed E-state index contributed by atoms with van der Waals surface area (Å²) < 4.78 is 21.6. The number of ether oxygens (including phenoxy) is 4. The van der Waals surface area contributed by atoms with Crippen LogP contribution in [0.5, 0.6) is 23.0 Å². The van der Waals surface area contributed by atoms with Crippen LogP contribution in [0, 0.1) is 0 Å². The molecular weight excluding hydrogens is 346 g/mol. The standard InChI is InChI=1S/C21H27NO5/c1-14(2)15-6-9-17(10-7-15)27-13-19(23)22-12-16-8-11-18(24-3)21(26-5)20(16)25-4/h6-11,14H,12-13H2,1-5H3,(H,22,23). The highest BCUT2D eigenvalue weighted by molar-refractivity contribution is 5.77. The van der Waals surface area contributed by atoms with E-state index in [0.717, 1.165) is 5.56 Å². The summed E-state index contributed by atoms with van der Waals surface area (Å²) in [5, 5.41) is 2.82. The molecule has 0 aliphatic carbocycles. The average molecular weight is 373 g/mol. The number of hydrogen-bond acceptors (Lipinski definition) is 5. The molecule has 0 bridgehead atoms. The van der Waals surface area contributed by atoms with Crippen molar-refractivity contribution in [2.75, 3.05) is 27.9 Å². The average Bonchev–Trinajstić information content (AvgIpc) is 2.69. The van der Waals surface area contributed by atoms with Crippen LogP contribution >= 0.6 is 0 Å². The molecular formula is C21H27NO5. The third-order valence-corrected chi connectivity index (χ3v) is 4.18. The molecule has 0 atom stereocenters. The fourth-order valence-corrected chi connectivity index (χ4v) is 2.65. The minimum atomic E-state index is -0.222. The first-order valence-corrected chi connectivity index (χ1v) is 8.77. The highest BCUT2D eigenvalue weighted by atomic mass is 16.5. The molecule has 1 N–H and O–H groups in total. The van der Waals surface area contributed by atoms with E-state index in [2.05, 4.69) is 19.2 Å². The van der Waals surface area contributed by atoms with Crippen LogP contribution in [0.15, 0.2) is 36.4 Å². The lowest BCUT2D eigenvalue weighted by Crippen LogP contribution is -2.28. The van der Waals surface area contributed by atoms with Crippen LogP contribution in [0.3, 0.4) is 0 Å². The Labute approximate surface area is 160 Å². The summed E-state index contributed by atoms with van der Waals surface area (Å²) in [4.78, 5) is 12.1. The molecule has 0 aliphatic rings. The minimum absolute atomic E-state index is 0.0589. The topological polar surface area (TPSA) is 66.0 Å². The van der Waals surface area contributed by atoms with Gasteiger partial charge in [0.1, 0.15) is 5.75 Å². The van der Waals surface area contributed by atoms with Gasteiger partial charge in [0, 0.05) is 12.1 Å². The molecule has 1 amide bonds. The number of amides is 1.